The molecule has 33 heavy (non-hydrogen) atoms. The van der Waals surface area contributed by atoms with Crippen LogP contribution < -0.4 is 4.74 Å². The van der Waals surface area contributed by atoms with Crippen LogP contribution in [-0.2, 0) is 29.3 Å². The normalized spacial score (nSPS) is 13.0. The van der Waals surface area contributed by atoms with Gasteiger partial charge in [-0.05, 0) is 85.8 Å². The van der Waals surface area contributed by atoms with Crippen molar-refractivity contribution >= 4 is 24.8 Å². The van der Waals surface area contributed by atoms with Crippen LogP contribution in [0, 0.1) is 0 Å². The Labute approximate surface area is 196 Å². The molecule has 0 saturated heterocycles. The van der Waals surface area contributed by atoms with Gasteiger partial charge in [-0.3, -0.25) is 13.6 Å². The van der Waals surface area contributed by atoms with Crippen molar-refractivity contribution in [2.45, 2.75) is 59.2 Å². The van der Waals surface area contributed by atoms with E-state index in [-0.39, 0.29) is 0 Å². The highest BCUT2D eigenvalue weighted by Gasteiger charge is 2.37. The van der Waals surface area contributed by atoms with Gasteiger partial charge in [0.25, 0.3) is 0 Å². The molecule has 0 atom stereocenters. The van der Waals surface area contributed by atoms with Crippen LogP contribution in [0.15, 0.2) is 24.4 Å². The average Bonchev–Trinajstić information content (AvgIpc) is 3.00. The van der Waals surface area contributed by atoms with Crippen molar-refractivity contribution < 1.29 is 32.4 Å². The van der Waals surface area contributed by atoms with E-state index < -0.39 is 31.9 Å². The summed E-state index contributed by atoms with van der Waals surface area (Å²) < 4.78 is 41.6. The Hall–Kier alpha value is -1.90. The van der Waals surface area contributed by atoms with Crippen LogP contribution in [0.2, 0.25) is 0 Å². The number of phosphoric ester groups is 1. The van der Waals surface area contributed by atoms with E-state index >= 15 is 0 Å². The van der Waals surface area contributed by atoms with Gasteiger partial charge < -0.3 is 14.4 Å². The number of hydrogen-bond acceptors (Lipinski definition) is 8. The molecule has 1 aromatic heterocycles. The molecule has 2 rings (SSSR count). The summed E-state index contributed by atoms with van der Waals surface area (Å²) in [4.78, 5) is 14.9. The van der Waals surface area contributed by atoms with Crippen LogP contribution in [0.3, 0.4) is 0 Å². The van der Waals surface area contributed by atoms with Crippen molar-refractivity contribution in [1.82, 2.24) is 9.47 Å². The molecule has 9 nitrogen and oxygen atoms in total. The van der Waals surface area contributed by atoms with Gasteiger partial charge in [0.05, 0.1) is 23.8 Å². The Morgan fingerprint density at radius 1 is 1.06 bits per heavy atom. The molecule has 10 heteroatoms. The molecule has 1 aromatic carbocycles. The van der Waals surface area contributed by atoms with Gasteiger partial charge in [0.15, 0.2) is 0 Å². The maximum absolute atomic E-state index is 13.1. The first-order valence-corrected chi connectivity index (χ1v) is 12.2. The number of aromatic nitrogens is 1. The molecule has 0 N–H and O–H groups in total. The second-order valence-corrected chi connectivity index (χ2v) is 11.5. The Bertz CT molecular complexity index is 983. The molecule has 0 unspecified atom stereocenters. The highest BCUT2D eigenvalue weighted by atomic mass is 31.2. The molecule has 186 valence electrons. The molecule has 1 heterocycles. The highest BCUT2D eigenvalue weighted by molar-refractivity contribution is 7.48. The average molecular weight is 485 g/mol. The van der Waals surface area contributed by atoms with Crippen molar-refractivity contribution in [3.05, 3.63) is 30.0 Å². The lowest BCUT2D eigenvalue weighted by Crippen LogP contribution is -2.25. The first-order chi connectivity index (χ1) is 15.1. The maximum atomic E-state index is 13.1. The topological polar surface area (TPSA) is 88.5 Å². The van der Waals surface area contributed by atoms with Crippen LogP contribution in [0.5, 0.6) is 5.75 Å². The van der Waals surface area contributed by atoms with Gasteiger partial charge in [-0.15, -0.1) is 0 Å². The van der Waals surface area contributed by atoms with E-state index in [9.17, 15) is 9.36 Å². The fourth-order valence-electron chi connectivity index (χ4n) is 3.05. The number of nitrogens with zero attached hydrogens (tertiary/aromatic N) is 2. The van der Waals surface area contributed by atoms with Gasteiger partial charge in [-0.2, -0.15) is 0 Å². The number of methoxy groups -OCH3 is 1. The minimum atomic E-state index is -3.99. The zero-order valence-electron chi connectivity index (χ0n) is 21.1. The van der Waals surface area contributed by atoms with Gasteiger partial charge in [-0.1, -0.05) is 0 Å². The lowest BCUT2D eigenvalue weighted by Gasteiger charge is -2.30. The fraction of sp³-hybridized carbons (Fsp3) is 0.609. The van der Waals surface area contributed by atoms with E-state index in [0.717, 1.165) is 23.9 Å². The summed E-state index contributed by atoms with van der Waals surface area (Å²) in [7, 11) is 1.58. The SMILES string of the molecule is COc1ccc2c(c1)c(CCN(C)C)cn2C(=O)OCOP(=O)(OC(C)(C)C)OC(C)(C)C. The van der Waals surface area contributed by atoms with Crippen molar-refractivity contribution in [2.24, 2.45) is 0 Å². The maximum Gasteiger partial charge on any atom is 0.478 e. The van der Waals surface area contributed by atoms with Crippen molar-refractivity contribution in [3.8, 4) is 5.75 Å². The van der Waals surface area contributed by atoms with E-state index in [1.165, 1.54) is 4.57 Å². The van der Waals surface area contributed by atoms with Crippen LogP contribution in [0.1, 0.15) is 47.1 Å². The Kier molecular flexibility index (Phi) is 8.76. The Balaban J connectivity index is 2.21. The van der Waals surface area contributed by atoms with Crippen molar-refractivity contribution in [2.75, 3.05) is 34.5 Å². The minimum absolute atomic E-state index is 0.592. The smallest absolute Gasteiger partial charge is 0.478 e. The third kappa shape index (κ3) is 8.43. The largest absolute Gasteiger partial charge is 0.497 e. The second kappa shape index (κ2) is 10.6. The predicted octanol–water partition coefficient (Wildman–Crippen LogP) is 5.45. The number of carbonyl (C=O) groups excluding carboxylic acids is 1. The number of phosphoric acid groups is 1. The molecule has 0 bridgehead atoms. The summed E-state index contributed by atoms with van der Waals surface area (Å²) in [5, 5.41) is 0.895. The van der Waals surface area contributed by atoms with Gasteiger partial charge in [0.1, 0.15) is 5.75 Å². The molecule has 0 aliphatic rings. The van der Waals surface area contributed by atoms with Gasteiger partial charge in [-0.25, -0.2) is 13.9 Å². The molecule has 0 aliphatic carbocycles. The number of fused-ring (bicyclic) bond motifs is 1. The number of rotatable bonds is 9. The third-order valence-corrected chi connectivity index (χ3v) is 6.25. The van der Waals surface area contributed by atoms with Crippen molar-refractivity contribution in [3.63, 3.8) is 0 Å². The molecule has 0 saturated carbocycles. The lowest BCUT2D eigenvalue weighted by atomic mass is 10.1. The minimum Gasteiger partial charge on any atom is -0.497 e. The van der Waals surface area contributed by atoms with Crippen LogP contribution in [-0.4, -0.2) is 61.3 Å². The zero-order valence-corrected chi connectivity index (χ0v) is 22.0. The standard InChI is InChI=1S/C23H37N2O7P/c1-22(2,3)31-33(27,32-23(4,5)6)30-16-29-21(26)25-15-17(12-13-24(7)8)19-14-18(28-9)10-11-20(19)25/h10-11,14-15H,12-13,16H2,1-9H3. The monoisotopic (exact) mass is 484 g/mol. The van der Waals surface area contributed by atoms with Crippen molar-refractivity contribution in [1.29, 1.82) is 0 Å². The summed E-state index contributed by atoms with van der Waals surface area (Å²) in [5.74, 6) is 0.697. The quantitative estimate of drug-likeness (QED) is 0.343. The Morgan fingerprint density at radius 2 is 1.67 bits per heavy atom. The molecular formula is C23H37N2O7P. The first-order valence-electron chi connectivity index (χ1n) is 10.8. The van der Waals surface area contributed by atoms with Gasteiger partial charge in [0, 0.05) is 18.1 Å². The third-order valence-electron chi connectivity index (χ3n) is 4.28. The molecule has 0 amide bonds. The summed E-state index contributed by atoms with van der Waals surface area (Å²) in [6, 6.07) is 5.47. The zero-order chi connectivity index (χ0) is 25.0. The number of ether oxygens (including phenoxy) is 2. The van der Waals surface area contributed by atoms with Crippen LogP contribution >= 0.6 is 7.82 Å². The number of benzene rings is 1. The molecule has 2 aromatic rings. The van der Waals surface area contributed by atoms with Crippen LogP contribution in [0.4, 0.5) is 4.79 Å². The van der Waals surface area contributed by atoms with E-state index in [2.05, 4.69) is 4.90 Å². The molecule has 0 radical (unpaired) electrons. The summed E-state index contributed by atoms with van der Waals surface area (Å²) in [6.45, 7) is 10.6. The molecule has 0 aliphatic heterocycles. The second-order valence-electron chi connectivity index (χ2n) is 9.97. The summed E-state index contributed by atoms with van der Waals surface area (Å²) >= 11 is 0. The lowest BCUT2D eigenvalue weighted by molar-refractivity contribution is -0.0282. The number of hydrogen-bond donors (Lipinski definition) is 0. The van der Waals surface area contributed by atoms with Crippen LogP contribution in [0.25, 0.3) is 10.9 Å². The first kappa shape index (κ1) is 27.3. The van der Waals surface area contributed by atoms with E-state index in [1.54, 1.807) is 67.0 Å². The summed E-state index contributed by atoms with van der Waals surface area (Å²) in [5.41, 5.74) is 0.0757. The number of carbonyl (C=O) groups is 1. The molecular weight excluding hydrogens is 447 g/mol. The predicted molar refractivity (Wildman–Crippen MR) is 128 cm³/mol. The van der Waals surface area contributed by atoms with E-state index in [4.69, 9.17) is 23.0 Å². The summed E-state index contributed by atoms with van der Waals surface area (Å²) in [6.07, 6.45) is 1.81. The molecule has 0 spiro atoms. The van der Waals surface area contributed by atoms with E-state index in [0.29, 0.717) is 11.3 Å². The van der Waals surface area contributed by atoms with Gasteiger partial charge in [0.2, 0.25) is 6.79 Å². The molecule has 0 fully saturated rings. The van der Waals surface area contributed by atoms with E-state index in [1.807, 2.05) is 20.2 Å². The fourth-order valence-corrected chi connectivity index (χ4v) is 4.72. The number of likely N-dealkylation sites (N-methyl/N-ethyl adjacent to an activating group) is 1. The highest BCUT2D eigenvalue weighted by Crippen LogP contribution is 2.55. The van der Waals surface area contributed by atoms with Gasteiger partial charge >= 0.3 is 13.9 Å². The Morgan fingerprint density at radius 3 is 2.18 bits per heavy atom.